The topological polar surface area (TPSA) is 88.3 Å². The Bertz CT molecular complexity index is 815. The smallest absolute Gasteiger partial charge is 0.326 e. The van der Waals surface area contributed by atoms with Gasteiger partial charge in [-0.05, 0) is 38.2 Å². The van der Waals surface area contributed by atoms with Gasteiger partial charge in [-0.15, -0.1) is 0 Å². The van der Waals surface area contributed by atoms with Gasteiger partial charge < -0.3 is 14.6 Å². The Hall–Kier alpha value is -2.44. The van der Waals surface area contributed by atoms with E-state index < -0.39 is 12.0 Å². The second-order valence-corrected chi connectivity index (χ2v) is 8.18. The number of pyridine rings is 1. The van der Waals surface area contributed by atoms with Gasteiger partial charge in [0.25, 0.3) is 0 Å². The van der Waals surface area contributed by atoms with Gasteiger partial charge in [0.2, 0.25) is 5.91 Å². The molecule has 2 aromatic rings. The normalized spacial score (nSPS) is 12.4. The number of carbonyl (C=O) groups excluding carboxylic acids is 1. The number of likely N-dealkylation sites (N-methyl/N-ethyl adjacent to an activating group) is 1. The van der Waals surface area contributed by atoms with Crippen molar-refractivity contribution in [2.75, 3.05) is 7.05 Å². The van der Waals surface area contributed by atoms with Crippen LogP contribution in [0.4, 0.5) is 0 Å². The number of fused-ring (bicyclic) bond motifs is 1. The van der Waals surface area contributed by atoms with Crippen LogP contribution in [0.25, 0.3) is 11.0 Å². The highest BCUT2D eigenvalue weighted by atomic mass is 16.4. The lowest BCUT2D eigenvalue weighted by Gasteiger charge is -2.26. The Labute approximate surface area is 173 Å². The highest BCUT2D eigenvalue weighted by molar-refractivity contribution is 5.83. The van der Waals surface area contributed by atoms with E-state index in [2.05, 4.69) is 14.5 Å². The van der Waals surface area contributed by atoms with Gasteiger partial charge >= 0.3 is 5.97 Å². The first kappa shape index (κ1) is 22.8. The molecular weight excluding hydrogens is 368 g/mol. The van der Waals surface area contributed by atoms with Crippen molar-refractivity contribution < 1.29 is 14.7 Å². The van der Waals surface area contributed by atoms with Crippen LogP contribution in [0.15, 0.2) is 18.5 Å². The van der Waals surface area contributed by atoms with Gasteiger partial charge in [-0.3, -0.25) is 9.78 Å². The molecule has 7 nitrogen and oxygen atoms in total. The number of aliphatic carboxylic acids is 1. The molecule has 0 saturated heterocycles. The van der Waals surface area contributed by atoms with Crippen LogP contribution >= 0.6 is 0 Å². The molecule has 0 radical (unpaired) electrons. The molecule has 0 fully saturated rings. The first-order chi connectivity index (χ1) is 13.8. The average Bonchev–Trinajstić information content (AvgIpc) is 2.99. The van der Waals surface area contributed by atoms with Gasteiger partial charge in [0.15, 0.2) is 0 Å². The molecule has 0 saturated carbocycles. The summed E-state index contributed by atoms with van der Waals surface area (Å²) in [4.78, 5) is 33.8. The number of hydrogen-bond acceptors (Lipinski definition) is 4. The van der Waals surface area contributed by atoms with Crippen molar-refractivity contribution in [2.24, 2.45) is 5.92 Å². The highest BCUT2D eigenvalue weighted by Crippen LogP contribution is 2.17. The Balaban J connectivity index is 1.67. The number of aromatic nitrogens is 3. The van der Waals surface area contributed by atoms with Crippen LogP contribution in [0.5, 0.6) is 0 Å². The molecule has 0 unspecified atom stereocenters. The third-order valence-electron chi connectivity index (χ3n) is 5.35. The summed E-state index contributed by atoms with van der Waals surface area (Å²) in [6.07, 6.45) is 9.50. The lowest BCUT2D eigenvalue weighted by atomic mass is 10.0. The number of imidazole rings is 1. The molecule has 2 heterocycles. The minimum atomic E-state index is -0.923. The number of aryl methyl sites for hydroxylation is 2. The van der Waals surface area contributed by atoms with Gasteiger partial charge in [-0.2, -0.15) is 0 Å². The minimum absolute atomic E-state index is 0.0767. The molecule has 0 aliphatic heterocycles. The molecule has 160 valence electrons. The molecule has 2 aromatic heterocycles. The first-order valence-corrected chi connectivity index (χ1v) is 10.6. The molecular formula is C22H34N4O3. The molecule has 1 amide bonds. The molecule has 1 N–H and O–H groups in total. The number of nitrogens with zero attached hydrogens (tertiary/aromatic N) is 4. The summed E-state index contributed by atoms with van der Waals surface area (Å²) < 4.78 is 2.23. The van der Waals surface area contributed by atoms with E-state index in [-0.39, 0.29) is 11.8 Å². The van der Waals surface area contributed by atoms with E-state index in [0.29, 0.717) is 12.8 Å². The number of carbonyl (C=O) groups is 2. The van der Waals surface area contributed by atoms with Crippen LogP contribution in [0.1, 0.15) is 64.6 Å². The fraction of sp³-hybridized carbons (Fsp3) is 0.636. The monoisotopic (exact) mass is 402 g/mol. The number of unbranched alkanes of at least 4 members (excludes halogenated alkanes) is 4. The fourth-order valence-corrected chi connectivity index (χ4v) is 3.68. The molecule has 0 aromatic carbocycles. The lowest BCUT2D eigenvalue weighted by Crippen LogP contribution is -2.43. The molecule has 2 rings (SSSR count). The van der Waals surface area contributed by atoms with Crippen LogP contribution < -0.4 is 0 Å². The highest BCUT2D eigenvalue weighted by Gasteiger charge is 2.26. The molecule has 0 bridgehead atoms. The lowest BCUT2D eigenvalue weighted by molar-refractivity contribution is -0.149. The third kappa shape index (κ3) is 6.54. The summed E-state index contributed by atoms with van der Waals surface area (Å²) in [6, 6.07) is 1.27. The summed E-state index contributed by atoms with van der Waals surface area (Å²) >= 11 is 0. The van der Waals surface area contributed by atoms with Gasteiger partial charge in [0.1, 0.15) is 17.4 Å². The van der Waals surface area contributed by atoms with Gasteiger partial charge in [-0.25, -0.2) is 9.78 Å². The van der Waals surface area contributed by atoms with Crippen LogP contribution in [0.2, 0.25) is 0 Å². The molecule has 7 heteroatoms. The number of amides is 1. The van der Waals surface area contributed by atoms with Crippen LogP contribution in [0, 0.1) is 12.8 Å². The van der Waals surface area contributed by atoms with E-state index in [0.717, 1.165) is 55.5 Å². The summed E-state index contributed by atoms with van der Waals surface area (Å²) in [5.74, 6) is 0.245. The van der Waals surface area contributed by atoms with E-state index in [9.17, 15) is 14.7 Å². The summed E-state index contributed by atoms with van der Waals surface area (Å²) in [7, 11) is 1.61. The fourth-order valence-electron chi connectivity index (χ4n) is 3.68. The maximum Gasteiger partial charge on any atom is 0.326 e. The second kappa shape index (κ2) is 10.9. The molecule has 0 aliphatic rings. The standard InChI is InChI=1S/C22H34N4O3/c1-16(2)14-20(22(28)29)25(4)21(27)10-8-6-5-7-9-13-26-17(3)24-18-15-23-12-11-19(18)26/h11-12,15-16,20H,5-10,13-14H2,1-4H3,(H,28,29)/t20-/m0/s1. The Kier molecular flexibility index (Phi) is 8.61. The SMILES string of the molecule is Cc1nc2cnccc2n1CCCCCCCC(=O)N(C)[C@@H](CC(C)C)C(=O)O. The third-order valence-corrected chi connectivity index (χ3v) is 5.35. The Morgan fingerprint density at radius 3 is 2.55 bits per heavy atom. The number of carboxylic acids is 1. The van der Waals surface area contributed by atoms with Crippen molar-refractivity contribution in [1.82, 2.24) is 19.4 Å². The average molecular weight is 403 g/mol. The number of carboxylic acid groups (broad SMARTS) is 1. The molecule has 1 atom stereocenters. The zero-order chi connectivity index (χ0) is 21.4. The zero-order valence-corrected chi connectivity index (χ0v) is 18.1. The maximum absolute atomic E-state index is 12.3. The van der Waals surface area contributed by atoms with Crippen LogP contribution in [-0.4, -0.2) is 49.5 Å². The van der Waals surface area contributed by atoms with E-state index in [1.54, 1.807) is 19.4 Å². The quantitative estimate of drug-likeness (QED) is 0.541. The summed E-state index contributed by atoms with van der Waals surface area (Å²) in [6.45, 7) is 6.90. The second-order valence-electron chi connectivity index (χ2n) is 8.18. The number of rotatable bonds is 12. The van der Waals surface area contributed by atoms with Crippen molar-refractivity contribution in [1.29, 1.82) is 0 Å². The predicted molar refractivity (Wildman–Crippen MR) is 114 cm³/mol. The maximum atomic E-state index is 12.3. The van der Waals surface area contributed by atoms with Crippen LogP contribution in [-0.2, 0) is 16.1 Å². The zero-order valence-electron chi connectivity index (χ0n) is 18.1. The van der Waals surface area contributed by atoms with E-state index in [1.165, 1.54) is 4.90 Å². The Morgan fingerprint density at radius 1 is 1.17 bits per heavy atom. The summed E-state index contributed by atoms with van der Waals surface area (Å²) in [5, 5.41) is 9.37. The van der Waals surface area contributed by atoms with Crippen molar-refractivity contribution in [3.63, 3.8) is 0 Å². The predicted octanol–water partition coefficient (Wildman–Crippen LogP) is 4.04. The van der Waals surface area contributed by atoms with Crippen molar-refractivity contribution in [3.05, 3.63) is 24.3 Å². The van der Waals surface area contributed by atoms with Gasteiger partial charge in [0, 0.05) is 26.2 Å². The van der Waals surface area contributed by atoms with Gasteiger partial charge in [0.05, 0.1) is 11.7 Å². The number of hydrogen-bond donors (Lipinski definition) is 1. The van der Waals surface area contributed by atoms with E-state index in [1.807, 2.05) is 26.8 Å². The van der Waals surface area contributed by atoms with Crippen molar-refractivity contribution in [2.45, 2.75) is 78.3 Å². The van der Waals surface area contributed by atoms with E-state index >= 15 is 0 Å². The largest absolute Gasteiger partial charge is 0.480 e. The molecule has 29 heavy (non-hydrogen) atoms. The van der Waals surface area contributed by atoms with Crippen molar-refractivity contribution >= 4 is 22.9 Å². The minimum Gasteiger partial charge on any atom is -0.480 e. The van der Waals surface area contributed by atoms with Gasteiger partial charge in [-0.1, -0.05) is 33.1 Å². The first-order valence-electron chi connectivity index (χ1n) is 10.6. The molecule has 0 spiro atoms. The van der Waals surface area contributed by atoms with E-state index in [4.69, 9.17) is 0 Å². The van der Waals surface area contributed by atoms with Crippen molar-refractivity contribution in [3.8, 4) is 0 Å². The van der Waals surface area contributed by atoms with Crippen LogP contribution in [0.3, 0.4) is 0 Å². The molecule has 0 aliphatic carbocycles. The summed E-state index contributed by atoms with van der Waals surface area (Å²) in [5.41, 5.74) is 2.06. The Morgan fingerprint density at radius 2 is 1.86 bits per heavy atom.